The van der Waals surface area contributed by atoms with Gasteiger partial charge in [-0.25, -0.2) is 4.79 Å². The second-order valence-electron chi connectivity index (χ2n) is 2.15. The molecule has 0 aliphatic heterocycles. The van der Waals surface area contributed by atoms with Crippen LogP contribution in [0.2, 0.25) is 0 Å². The Morgan fingerprint density at radius 3 is 2.60 bits per heavy atom. The summed E-state index contributed by atoms with van der Waals surface area (Å²) in [7, 11) is 0. The molecule has 0 aromatic heterocycles. The van der Waals surface area contributed by atoms with E-state index in [2.05, 4.69) is 5.32 Å². The summed E-state index contributed by atoms with van der Waals surface area (Å²) >= 11 is 0. The predicted molar refractivity (Wildman–Crippen MR) is 37.2 cm³/mol. The first-order valence-electron chi connectivity index (χ1n) is 3.01. The highest BCUT2D eigenvalue weighted by Gasteiger charge is 2.08. The number of aliphatic hydroxyl groups is 1. The molecule has 0 spiro atoms. The third-order valence-corrected chi connectivity index (χ3v) is 1.13. The van der Waals surface area contributed by atoms with E-state index in [0.29, 0.717) is 0 Å². The van der Waals surface area contributed by atoms with E-state index in [4.69, 9.17) is 16.6 Å². The first-order chi connectivity index (χ1) is 4.54. The van der Waals surface area contributed by atoms with E-state index in [0.717, 1.165) is 0 Å². The Labute approximate surface area is 59.4 Å². The number of hydrogen-bond donors (Lipinski definition) is 4. The summed E-state index contributed by atoms with van der Waals surface area (Å²) < 4.78 is 0. The molecule has 0 rings (SSSR count). The second-order valence-corrected chi connectivity index (χ2v) is 2.15. The number of nitrogens with two attached hydrogens (primary N) is 2. The lowest BCUT2D eigenvalue weighted by Gasteiger charge is -2.13. The molecule has 0 saturated heterocycles. The van der Waals surface area contributed by atoms with Gasteiger partial charge in [-0.05, 0) is 6.92 Å². The third kappa shape index (κ3) is 4.11. The monoisotopic (exact) mass is 147 g/mol. The van der Waals surface area contributed by atoms with Gasteiger partial charge in [0.1, 0.15) is 0 Å². The van der Waals surface area contributed by atoms with Crippen molar-refractivity contribution >= 4 is 6.03 Å². The van der Waals surface area contributed by atoms with Gasteiger partial charge >= 0.3 is 6.03 Å². The minimum absolute atomic E-state index is 0.201. The fourth-order valence-electron chi connectivity index (χ4n) is 0.389. The number of hydrogen-bond acceptors (Lipinski definition) is 3. The number of carbonyl (C=O) groups excluding carboxylic acids is 1. The molecule has 0 aliphatic rings. The standard InChI is InChI=1S/C5H13N3O2/c1-3(9)4(6)2-8-5(7)10/h3-4,9H,2,6H2,1H3,(H3,7,8,10). The minimum Gasteiger partial charge on any atom is -0.392 e. The molecule has 6 N–H and O–H groups in total. The van der Waals surface area contributed by atoms with Crippen LogP contribution in [-0.2, 0) is 0 Å². The van der Waals surface area contributed by atoms with Crippen LogP contribution in [0.3, 0.4) is 0 Å². The number of carbonyl (C=O) groups is 1. The topological polar surface area (TPSA) is 101 Å². The Bertz CT molecular complexity index is 115. The van der Waals surface area contributed by atoms with Crippen molar-refractivity contribution in [1.29, 1.82) is 0 Å². The fraction of sp³-hybridized carbons (Fsp3) is 0.800. The van der Waals surface area contributed by atoms with Gasteiger partial charge < -0.3 is 21.9 Å². The van der Waals surface area contributed by atoms with E-state index in [9.17, 15) is 4.79 Å². The first kappa shape index (κ1) is 9.19. The fourth-order valence-corrected chi connectivity index (χ4v) is 0.389. The predicted octanol–water partition coefficient (Wildman–Crippen LogP) is -1.64. The lowest BCUT2D eigenvalue weighted by atomic mass is 10.2. The zero-order valence-electron chi connectivity index (χ0n) is 5.87. The lowest BCUT2D eigenvalue weighted by Crippen LogP contribution is -2.45. The highest BCUT2D eigenvalue weighted by molar-refractivity contribution is 5.71. The van der Waals surface area contributed by atoms with Gasteiger partial charge in [0.25, 0.3) is 0 Å². The molecule has 60 valence electrons. The highest BCUT2D eigenvalue weighted by atomic mass is 16.3. The smallest absolute Gasteiger partial charge is 0.312 e. The van der Waals surface area contributed by atoms with E-state index >= 15 is 0 Å². The van der Waals surface area contributed by atoms with Gasteiger partial charge in [0, 0.05) is 12.6 Å². The van der Waals surface area contributed by atoms with Crippen molar-refractivity contribution in [3.63, 3.8) is 0 Å². The molecule has 0 aliphatic carbocycles. The van der Waals surface area contributed by atoms with Crippen LogP contribution in [0.1, 0.15) is 6.92 Å². The van der Waals surface area contributed by atoms with Gasteiger partial charge in [0.2, 0.25) is 0 Å². The van der Waals surface area contributed by atoms with Crippen LogP contribution in [0, 0.1) is 0 Å². The normalized spacial score (nSPS) is 15.9. The molecule has 5 heteroatoms. The van der Waals surface area contributed by atoms with E-state index in [1.54, 1.807) is 6.92 Å². The molecular formula is C5H13N3O2. The van der Waals surface area contributed by atoms with Crippen LogP contribution >= 0.6 is 0 Å². The molecule has 2 unspecified atom stereocenters. The van der Waals surface area contributed by atoms with E-state index in [1.807, 2.05) is 0 Å². The van der Waals surface area contributed by atoms with Gasteiger partial charge in [-0.2, -0.15) is 0 Å². The quantitative estimate of drug-likeness (QED) is 0.385. The zero-order valence-corrected chi connectivity index (χ0v) is 5.87. The molecule has 10 heavy (non-hydrogen) atoms. The van der Waals surface area contributed by atoms with Gasteiger partial charge in [-0.3, -0.25) is 0 Å². The first-order valence-corrected chi connectivity index (χ1v) is 3.01. The van der Waals surface area contributed by atoms with Crippen molar-refractivity contribution in [2.45, 2.75) is 19.1 Å². The molecule has 2 atom stereocenters. The van der Waals surface area contributed by atoms with E-state index in [1.165, 1.54) is 0 Å². The van der Waals surface area contributed by atoms with Gasteiger partial charge in [0.05, 0.1) is 6.10 Å². The van der Waals surface area contributed by atoms with Crippen molar-refractivity contribution < 1.29 is 9.90 Å². The van der Waals surface area contributed by atoms with Crippen LogP contribution < -0.4 is 16.8 Å². The summed E-state index contributed by atoms with van der Waals surface area (Å²) in [6, 6.07) is -1.08. The largest absolute Gasteiger partial charge is 0.392 e. The number of rotatable bonds is 3. The molecule has 2 amide bonds. The molecule has 0 aromatic rings. The summed E-state index contributed by atoms with van der Waals surface area (Å²) in [5.41, 5.74) is 10.1. The summed E-state index contributed by atoms with van der Waals surface area (Å²) in [4.78, 5) is 10.1. The summed E-state index contributed by atoms with van der Waals surface area (Å²) in [5.74, 6) is 0. The third-order valence-electron chi connectivity index (χ3n) is 1.13. The van der Waals surface area contributed by atoms with Gasteiger partial charge in [-0.15, -0.1) is 0 Å². The highest BCUT2D eigenvalue weighted by Crippen LogP contribution is 1.84. The SMILES string of the molecule is CC(O)C(N)CNC(N)=O. The molecule has 0 saturated carbocycles. The van der Waals surface area contributed by atoms with Crippen molar-refractivity contribution in [3.05, 3.63) is 0 Å². The molecule has 0 heterocycles. The van der Waals surface area contributed by atoms with Gasteiger partial charge in [0.15, 0.2) is 0 Å². The molecule has 5 nitrogen and oxygen atoms in total. The molecule has 0 bridgehead atoms. The van der Waals surface area contributed by atoms with E-state index in [-0.39, 0.29) is 6.54 Å². The molecular weight excluding hydrogens is 134 g/mol. The molecule has 0 fully saturated rings. The number of aliphatic hydroxyl groups excluding tert-OH is 1. The summed E-state index contributed by atoms with van der Waals surface area (Å²) in [6.07, 6.45) is -0.633. The van der Waals surface area contributed by atoms with Crippen molar-refractivity contribution in [1.82, 2.24) is 5.32 Å². The van der Waals surface area contributed by atoms with Crippen molar-refractivity contribution in [2.24, 2.45) is 11.5 Å². The lowest BCUT2D eigenvalue weighted by molar-refractivity contribution is 0.162. The van der Waals surface area contributed by atoms with E-state index < -0.39 is 18.2 Å². The Balaban J connectivity index is 3.39. The van der Waals surface area contributed by atoms with Crippen LogP contribution in [0.5, 0.6) is 0 Å². The Kier molecular flexibility index (Phi) is 3.75. The van der Waals surface area contributed by atoms with Crippen molar-refractivity contribution in [3.8, 4) is 0 Å². The van der Waals surface area contributed by atoms with Crippen molar-refractivity contribution in [2.75, 3.05) is 6.54 Å². The molecule has 0 aromatic carbocycles. The Morgan fingerprint density at radius 2 is 2.30 bits per heavy atom. The summed E-state index contributed by atoms with van der Waals surface area (Å²) in [5, 5.41) is 11.1. The average molecular weight is 147 g/mol. The average Bonchev–Trinajstić information content (AvgIpc) is 1.82. The van der Waals surface area contributed by atoms with Crippen LogP contribution in [-0.4, -0.2) is 29.8 Å². The summed E-state index contributed by atoms with van der Waals surface area (Å²) in [6.45, 7) is 1.75. The number of urea groups is 1. The van der Waals surface area contributed by atoms with Crippen LogP contribution in [0.25, 0.3) is 0 Å². The Hall–Kier alpha value is -0.810. The van der Waals surface area contributed by atoms with Gasteiger partial charge in [-0.1, -0.05) is 0 Å². The maximum atomic E-state index is 10.1. The second kappa shape index (κ2) is 4.08. The minimum atomic E-state index is -0.633. The maximum Gasteiger partial charge on any atom is 0.312 e. The number of primary amides is 1. The number of amides is 2. The maximum absolute atomic E-state index is 10.1. The zero-order chi connectivity index (χ0) is 8.15. The van der Waals surface area contributed by atoms with Crippen LogP contribution in [0.4, 0.5) is 4.79 Å². The Morgan fingerprint density at radius 1 is 1.80 bits per heavy atom. The molecule has 0 radical (unpaired) electrons. The van der Waals surface area contributed by atoms with Crippen LogP contribution in [0.15, 0.2) is 0 Å². The number of nitrogens with one attached hydrogen (secondary N) is 1.